The molecule has 7 nitrogen and oxygen atoms in total. The van der Waals surface area contributed by atoms with Crippen LogP contribution >= 0.6 is 0 Å². The number of benzene rings is 1. The molecule has 3 rings (SSSR count). The molecular formula is C17H20F3NO6S. The van der Waals surface area contributed by atoms with Crippen LogP contribution < -0.4 is 4.74 Å². The number of hydrogen-bond donors (Lipinski definition) is 1. The van der Waals surface area contributed by atoms with E-state index in [0.29, 0.717) is 31.9 Å². The van der Waals surface area contributed by atoms with Crippen LogP contribution in [-0.2, 0) is 19.6 Å². The highest BCUT2D eigenvalue weighted by Crippen LogP contribution is 2.37. The maximum Gasteiger partial charge on any atom is 0.430 e. The summed E-state index contributed by atoms with van der Waals surface area (Å²) in [6, 6.07) is 4.58. The van der Waals surface area contributed by atoms with Gasteiger partial charge >= 0.3 is 12.1 Å². The quantitative estimate of drug-likeness (QED) is 0.783. The van der Waals surface area contributed by atoms with Gasteiger partial charge in [-0.1, -0.05) is 11.6 Å². The predicted molar refractivity (Wildman–Crippen MR) is 94.5 cm³/mol. The van der Waals surface area contributed by atoms with E-state index in [9.17, 15) is 26.4 Å². The molecule has 11 heteroatoms. The van der Waals surface area contributed by atoms with Gasteiger partial charge in [0, 0.05) is 18.7 Å². The van der Waals surface area contributed by atoms with E-state index in [0.717, 1.165) is 11.6 Å². The Morgan fingerprint density at radius 1 is 1.25 bits per heavy atom. The van der Waals surface area contributed by atoms with E-state index >= 15 is 0 Å². The number of nitrogens with zero attached hydrogens (tertiary/aromatic N) is 1. The Morgan fingerprint density at radius 3 is 2.32 bits per heavy atom. The molecule has 0 aromatic heterocycles. The van der Waals surface area contributed by atoms with Gasteiger partial charge in [0.25, 0.3) is 0 Å². The number of sulfonamides is 1. The molecule has 1 atom stereocenters. The second-order valence-electron chi connectivity index (χ2n) is 6.26. The highest BCUT2D eigenvalue weighted by molar-refractivity contribution is 7.88. The van der Waals surface area contributed by atoms with E-state index in [2.05, 4.69) is 0 Å². The van der Waals surface area contributed by atoms with Crippen molar-refractivity contribution in [2.45, 2.75) is 19.2 Å². The Balaban J connectivity index is 0.000000237. The standard InChI is InChI=1S/C12H9F3O3.C5H11NO3S/c1-6-2-3-9-7(4-6)5-8(11(16)17)10(18-9)12(13,14)15;1-10(7,8)6-2-4-9-5-3-6/h2-5,10H,1H3,(H,16,17);2-5H2,1H3. The van der Waals surface area contributed by atoms with Crippen LogP contribution in [0.4, 0.5) is 13.2 Å². The molecule has 1 fully saturated rings. The normalized spacial score (nSPS) is 20.2. The van der Waals surface area contributed by atoms with Crippen molar-refractivity contribution in [1.82, 2.24) is 4.31 Å². The van der Waals surface area contributed by atoms with Crippen molar-refractivity contribution in [1.29, 1.82) is 0 Å². The van der Waals surface area contributed by atoms with Gasteiger partial charge in [-0.15, -0.1) is 0 Å². The van der Waals surface area contributed by atoms with Gasteiger partial charge in [-0.3, -0.25) is 0 Å². The Hall–Kier alpha value is -2.11. The summed E-state index contributed by atoms with van der Waals surface area (Å²) in [5.74, 6) is -1.60. The van der Waals surface area contributed by atoms with Crippen molar-refractivity contribution in [3.05, 3.63) is 34.9 Å². The van der Waals surface area contributed by atoms with E-state index in [-0.39, 0.29) is 5.75 Å². The van der Waals surface area contributed by atoms with Gasteiger partial charge in [-0.25, -0.2) is 13.2 Å². The first-order valence-corrected chi connectivity index (χ1v) is 10.1. The zero-order valence-corrected chi connectivity index (χ0v) is 16.0. The van der Waals surface area contributed by atoms with Crippen molar-refractivity contribution in [2.24, 2.45) is 0 Å². The molecule has 0 aliphatic carbocycles. The van der Waals surface area contributed by atoms with Crippen molar-refractivity contribution < 1.29 is 41.0 Å². The van der Waals surface area contributed by atoms with E-state index in [4.69, 9.17) is 14.6 Å². The molecule has 2 heterocycles. The summed E-state index contributed by atoms with van der Waals surface area (Å²) in [6.07, 6.45) is -4.96. The molecule has 28 heavy (non-hydrogen) atoms. The molecule has 1 saturated heterocycles. The first-order chi connectivity index (χ1) is 12.9. The van der Waals surface area contributed by atoms with Crippen LogP contribution in [0.1, 0.15) is 11.1 Å². The summed E-state index contributed by atoms with van der Waals surface area (Å²) < 4.78 is 71.0. The minimum Gasteiger partial charge on any atom is -0.478 e. The van der Waals surface area contributed by atoms with Crippen molar-refractivity contribution in [2.75, 3.05) is 32.6 Å². The summed E-state index contributed by atoms with van der Waals surface area (Å²) in [7, 11) is -2.97. The highest BCUT2D eigenvalue weighted by atomic mass is 32.2. The van der Waals surface area contributed by atoms with Crippen LogP contribution in [0, 0.1) is 6.92 Å². The molecule has 1 N–H and O–H groups in total. The smallest absolute Gasteiger partial charge is 0.430 e. The van der Waals surface area contributed by atoms with Crippen LogP contribution in [0.25, 0.3) is 6.08 Å². The number of aliphatic carboxylic acids is 1. The van der Waals surface area contributed by atoms with Crippen LogP contribution in [0.5, 0.6) is 5.75 Å². The van der Waals surface area contributed by atoms with Crippen molar-refractivity contribution >= 4 is 22.1 Å². The zero-order valence-electron chi connectivity index (χ0n) is 15.2. The Labute approximate surface area is 160 Å². The fraction of sp³-hybridized carbons (Fsp3) is 0.471. The van der Waals surface area contributed by atoms with E-state index in [1.165, 1.54) is 16.6 Å². The fourth-order valence-corrected chi connectivity index (χ4v) is 3.43. The van der Waals surface area contributed by atoms with E-state index in [1.807, 2.05) is 0 Å². The lowest BCUT2D eigenvalue weighted by Gasteiger charge is -2.27. The van der Waals surface area contributed by atoms with E-state index < -0.39 is 33.8 Å². The number of alkyl halides is 3. The predicted octanol–water partition coefficient (Wildman–Crippen LogP) is 2.06. The summed E-state index contributed by atoms with van der Waals surface area (Å²) in [5, 5.41) is 8.82. The van der Waals surface area contributed by atoms with Crippen molar-refractivity contribution in [3.8, 4) is 5.75 Å². The molecule has 0 amide bonds. The zero-order chi connectivity index (χ0) is 21.1. The van der Waals surface area contributed by atoms with Gasteiger partial charge in [0.1, 0.15) is 5.75 Å². The summed E-state index contributed by atoms with van der Waals surface area (Å²) in [5.41, 5.74) is 0.345. The highest BCUT2D eigenvalue weighted by Gasteiger charge is 2.48. The number of hydrogen-bond acceptors (Lipinski definition) is 5. The molecule has 156 valence electrons. The number of carboxylic acids is 1. The third kappa shape index (κ3) is 5.69. The Kier molecular flexibility index (Phi) is 6.73. The minimum atomic E-state index is -4.76. The second kappa shape index (κ2) is 8.50. The molecule has 1 aromatic rings. The maximum absolute atomic E-state index is 12.7. The van der Waals surface area contributed by atoms with Gasteiger partial charge in [-0.05, 0) is 25.1 Å². The summed E-state index contributed by atoms with van der Waals surface area (Å²) in [4.78, 5) is 10.9. The molecular weight excluding hydrogens is 403 g/mol. The Morgan fingerprint density at radius 2 is 1.86 bits per heavy atom. The third-order valence-electron chi connectivity index (χ3n) is 3.99. The number of carboxylic acid groups (broad SMARTS) is 1. The number of ether oxygens (including phenoxy) is 2. The first-order valence-electron chi connectivity index (χ1n) is 8.21. The molecule has 0 saturated carbocycles. The molecule has 0 radical (unpaired) electrons. The SMILES string of the molecule is CS(=O)(=O)N1CCOCC1.Cc1ccc2c(c1)C=C(C(=O)O)C(C(F)(F)F)O2. The van der Waals surface area contributed by atoms with Gasteiger partial charge < -0.3 is 14.6 Å². The summed E-state index contributed by atoms with van der Waals surface area (Å²) >= 11 is 0. The van der Waals surface area contributed by atoms with Crippen LogP contribution in [0.3, 0.4) is 0 Å². The van der Waals surface area contributed by atoms with Crippen molar-refractivity contribution in [3.63, 3.8) is 0 Å². The number of fused-ring (bicyclic) bond motifs is 1. The first kappa shape index (κ1) is 22.2. The lowest BCUT2D eigenvalue weighted by atomic mass is 10.00. The van der Waals surface area contributed by atoms with Crippen LogP contribution in [0.15, 0.2) is 23.8 Å². The van der Waals surface area contributed by atoms with Crippen LogP contribution in [-0.4, -0.2) is 68.6 Å². The third-order valence-corrected chi connectivity index (χ3v) is 5.29. The van der Waals surface area contributed by atoms with E-state index in [1.54, 1.807) is 19.1 Å². The monoisotopic (exact) mass is 423 g/mol. The number of aryl methyl sites for hydroxylation is 1. The second-order valence-corrected chi connectivity index (χ2v) is 8.24. The molecule has 2 aliphatic rings. The lowest BCUT2D eigenvalue weighted by Crippen LogP contribution is -2.40. The van der Waals surface area contributed by atoms with Gasteiger partial charge in [0.2, 0.25) is 16.1 Å². The summed E-state index contributed by atoms with van der Waals surface area (Å²) in [6.45, 7) is 3.79. The van der Waals surface area contributed by atoms with Gasteiger partial charge in [0.05, 0.1) is 25.0 Å². The molecule has 2 aliphatic heterocycles. The maximum atomic E-state index is 12.7. The lowest BCUT2D eigenvalue weighted by molar-refractivity contribution is -0.187. The minimum absolute atomic E-state index is 0.0351. The molecule has 0 bridgehead atoms. The number of halogens is 3. The topological polar surface area (TPSA) is 93.1 Å². The molecule has 0 spiro atoms. The van der Waals surface area contributed by atoms with Gasteiger partial charge in [0.15, 0.2) is 0 Å². The number of carbonyl (C=O) groups is 1. The van der Waals surface area contributed by atoms with Crippen LogP contribution in [0.2, 0.25) is 0 Å². The molecule has 1 aromatic carbocycles. The fourth-order valence-electron chi connectivity index (χ4n) is 2.62. The van der Waals surface area contributed by atoms with Gasteiger partial charge in [-0.2, -0.15) is 17.5 Å². The average Bonchev–Trinajstić information content (AvgIpc) is 2.60. The average molecular weight is 423 g/mol. The molecule has 1 unspecified atom stereocenters. The number of morpholine rings is 1. The number of rotatable bonds is 2. The Bertz CT molecular complexity index is 860. The largest absolute Gasteiger partial charge is 0.478 e.